The van der Waals surface area contributed by atoms with Crippen molar-refractivity contribution in [1.82, 2.24) is 4.98 Å². The van der Waals surface area contributed by atoms with Crippen LogP contribution >= 0.6 is 0 Å². The van der Waals surface area contributed by atoms with Crippen LogP contribution in [0.4, 0.5) is 21.5 Å². The summed E-state index contributed by atoms with van der Waals surface area (Å²) in [5, 5.41) is 2.86. The van der Waals surface area contributed by atoms with E-state index >= 15 is 0 Å². The monoisotopic (exact) mass is 289 g/mol. The van der Waals surface area contributed by atoms with Gasteiger partial charge in [0.15, 0.2) is 0 Å². The highest BCUT2D eigenvalue weighted by Crippen LogP contribution is 2.25. The quantitative estimate of drug-likeness (QED) is 0.668. The number of hydrogen-bond acceptors (Lipinski definition) is 5. The molecule has 1 aromatic carbocycles. The van der Waals surface area contributed by atoms with Gasteiger partial charge >= 0.3 is 5.97 Å². The minimum Gasteiger partial charge on any atom is -0.462 e. The average Bonchev–Trinajstić information content (AvgIpc) is 2.44. The maximum Gasteiger partial charge on any atom is 0.340 e. The van der Waals surface area contributed by atoms with Crippen molar-refractivity contribution in [1.29, 1.82) is 0 Å². The third-order valence-electron chi connectivity index (χ3n) is 2.82. The van der Waals surface area contributed by atoms with Gasteiger partial charge in [-0.3, -0.25) is 4.98 Å². The van der Waals surface area contributed by atoms with E-state index < -0.39 is 11.8 Å². The van der Waals surface area contributed by atoms with Crippen LogP contribution in [0, 0.1) is 12.7 Å². The molecule has 21 heavy (non-hydrogen) atoms. The number of benzene rings is 1. The molecule has 0 fully saturated rings. The molecule has 5 nitrogen and oxygen atoms in total. The maximum absolute atomic E-state index is 13.9. The largest absolute Gasteiger partial charge is 0.462 e. The summed E-state index contributed by atoms with van der Waals surface area (Å²) in [6.45, 7) is 3.77. The molecule has 0 saturated heterocycles. The molecule has 110 valence electrons. The van der Waals surface area contributed by atoms with Crippen molar-refractivity contribution >= 4 is 23.0 Å². The molecule has 0 saturated carbocycles. The summed E-state index contributed by atoms with van der Waals surface area (Å²) in [5.74, 6) is -1.14. The van der Waals surface area contributed by atoms with E-state index in [9.17, 15) is 9.18 Å². The number of pyridine rings is 1. The molecular formula is C15H16FN3O2. The zero-order valence-electron chi connectivity index (χ0n) is 11.8. The van der Waals surface area contributed by atoms with Gasteiger partial charge in [-0.1, -0.05) is 0 Å². The third-order valence-corrected chi connectivity index (χ3v) is 2.82. The zero-order valence-corrected chi connectivity index (χ0v) is 11.8. The molecule has 0 unspecified atom stereocenters. The highest BCUT2D eigenvalue weighted by molar-refractivity contribution is 5.96. The number of halogens is 1. The number of nitrogens with two attached hydrogens (primary N) is 1. The number of carbonyl (C=O) groups is 1. The Morgan fingerprint density at radius 2 is 2.19 bits per heavy atom. The third kappa shape index (κ3) is 3.47. The summed E-state index contributed by atoms with van der Waals surface area (Å²) in [6, 6.07) is 5.99. The first-order chi connectivity index (χ1) is 10.0. The summed E-state index contributed by atoms with van der Waals surface area (Å²) >= 11 is 0. The Hall–Kier alpha value is -2.63. The summed E-state index contributed by atoms with van der Waals surface area (Å²) in [7, 11) is 0. The minimum atomic E-state index is -0.583. The van der Waals surface area contributed by atoms with E-state index in [-0.39, 0.29) is 23.5 Å². The number of anilines is 3. The van der Waals surface area contributed by atoms with E-state index in [0.717, 1.165) is 11.8 Å². The van der Waals surface area contributed by atoms with Crippen LogP contribution in [-0.4, -0.2) is 17.6 Å². The fraction of sp³-hybridized carbons (Fsp3) is 0.200. The normalized spacial score (nSPS) is 10.2. The van der Waals surface area contributed by atoms with E-state index in [0.29, 0.717) is 5.69 Å². The van der Waals surface area contributed by atoms with Crippen molar-refractivity contribution in [3.05, 3.63) is 47.5 Å². The summed E-state index contributed by atoms with van der Waals surface area (Å²) in [6.07, 6.45) is 1.58. The zero-order chi connectivity index (χ0) is 15.4. The SMILES string of the molecule is CCOC(=O)c1cc(Nc2ccc(C)nc2)c(F)cc1N. The lowest BCUT2D eigenvalue weighted by Crippen LogP contribution is -2.09. The van der Waals surface area contributed by atoms with Gasteiger partial charge in [0.2, 0.25) is 0 Å². The van der Waals surface area contributed by atoms with Crippen molar-refractivity contribution in [3.63, 3.8) is 0 Å². The van der Waals surface area contributed by atoms with E-state index in [2.05, 4.69) is 10.3 Å². The van der Waals surface area contributed by atoms with Gasteiger partial charge in [0.25, 0.3) is 0 Å². The number of carbonyl (C=O) groups excluding carboxylic acids is 1. The second-order valence-corrected chi connectivity index (χ2v) is 4.45. The van der Waals surface area contributed by atoms with Crippen molar-refractivity contribution in [2.24, 2.45) is 0 Å². The van der Waals surface area contributed by atoms with Crippen LogP contribution in [0.1, 0.15) is 23.0 Å². The van der Waals surface area contributed by atoms with Crippen LogP contribution in [-0.2, 0) is 4.74 Å². The first-order valence-electron chi connectivity index (χ1n) is 6.47. The van der Waals surface area contributed by atoms with Gasteiger partial charge in [0.05, 0.1) is 29.7 Å². The van der Waals surface area contributed by atoms with E-state index in [1.807, 2.05) is 6.92 Å². The number of aryl methyl sites for hydroxylation is 1. The van der Waals surface area contributed by atoms with Gasteiger partial charge < -0.3 is 15.8 Å². The van der Waals surface area contributed by atoms with Crippen LogP contribution < -0.4 is 11.1 Å². The molecular weight excluding hydrogens is 273 g/mol. The average molecular weight is 289 g/mol. The fourth-order valence-corrected chi connectivity index (χ4v) is 1.77. The van der Waals surface area contributed by atoms with Crippen LogP contribution in [0.5, 0.6) is 0 Å². The lowest BCUT2D eigenvalue weighted by atomic mass is 10.1. The molecule has 3 N–H and O–H groups in total. The summed E-state index contributed by atoms with van der Waals surface area (Å²) in [5.41, 5.74) is 7.42. The highest BCUT2D eigenvalue weighted by Gasteiger charge is 2.15. The molecule has 0 aliphatic rings. The van der Waals surface area contributed by atoms with Crippen molar-refractivity contribution in [2.45, 2.75) is 13.8 Å². The Morgan fingerprint density at radius 3 is 2.81 bits per heavy atom. The maximum atomic E-state index is 13.9. The Balaban J connectivity index is 2.32. The predicted molar refractivity (Wildman–Crippen MR) is 79.0 cm³/mol. The molecule has 0 aliphatic heterocycles. The van der Waals surface area contributed by atoms with Gasteiger partial charge in [0, 0.05) is 11.4 Å². The van der Waals surface area contributed by atoms with E-state index in [1.54, 1.807) is 25.3 Å². The second kappa shape index (κ2) is 6.21. The van der Waals surface area contributed by atoms with Crippen LogP contribution in [0.25, 0.3) is 0 Å². The van der Waals surface area contributed by atoms with E-state index in [1.165, 1.54) is 6.07 Å². The molecule has 2 aromatic rings. The molecule has 6 heteroatoms. The Bertz CT molecular complexity index is 657. The molecule has 1 aromatic heterocycles. The number of nitrogens with zero attached hydrogens (tertiary/aromatic N) is 1. The fourth-order valence-electron chi connectivity index (χ4n) is 1.77. The number of nitrogens with one attached hydrogen (secondary N) is 1. The topological polar surface area (TPSA) is 77.2 Å². The smallest absolute Gasteiger partial charge is 0.340 e. The van der Waals surface area contributed by atoms with Gasteiger partial charge in [-0.05, 0) is 38.1 Å². The standard InChI is InChI=1S/C15H16FN3O2/c1-3-21-15(20)11-6-14(12(16)7-13(11)17)19-10-5-4-9(2)18-8-10/h4-8,19H,3,17H2,1-2H3. The highest BCUT2D eigenvalue weighted by atomic mass is 19.1. The Labute approximate surface area is 121 Å². The van der Waals surface area contributed by atoms with Gasteiger partial charge in [-0.2, -0.15) is 0 Å². The number of hydrogen-bond donors (Lipinski definition) is 2. The summed E-state index contributed by atoms with van der Waals surface area (Å²) < 4.78 is 18.8. The first kappa shape index (κ1) is 14.8. The van der Waals surface area contributed by atoms with Crippen molar-refractivity contribution in [3.8, 4) is 0 Å². The summed E-state index contributed by atoms with van der Waals surface area (Å²) in [4.78, 5) is 15.9. The molecule has 0 radical (unpaired) electrons. The number of aromatic nitrogens is 1. The van der Waals surface area contributed by atoms with E-state index in [4.69, 9.17) is 10.5 Å². The molecule has 2 rings (SSSR count). The predicted octanol–water partition coefficient (Wildman–Crippen LogP) is 3.03. The number of esters is 1. The second-order valence-electron chi connectivity index (χ2n) is 4.45. The van der Waals surface area contributed by atoms with Crippen molar-refractivity contribution < 1.29 is 13.9 Å². The molecule has 0 atom stereocenters. The lowest BCUT2D eigenvalue weighted by molar-refractivity contribution is 0.0527. The van der Waals surface area contributed by atoms with Crippen LogP contribution in [0.2, 0.25) is 0 Å². The van der Waals surface area contributed by atoms with Gasteiger partial charge in [-0.15, -0.1) is 0 Å². The molecule has 0 aliphatic carbocycles. The number of rotatable bonds is 4. The van der Waals surface area contributed by atoms with Gasteiger partial charge in [-0.25, -0.2) is 9.18 Å². The molecule has 1 heterocycles. The Morgan fingerprint density at radius 1 is 1.43 bits per heavy atom. The number of nitrogen functional groups attached to an aromatic ring is 1. The lowest BCUT2D eigenvalue weighted by Gasteiger charge is -2.11. The van der Waals surface area contributed by atoms with Gasteiger partial charge in [0.1, 0.15) is 5.82 Å². The van der Waals surface area contributed by atoms with Crippen LogP contribution in [0.3, 0.4) is 0 Å². The first-order valence-corrected chi connectivity index (χ1v) is 6.47. The minimum absolute atomic E-state index is 0.0403. The number of ether oxygens (including phenoxy) is 1. The molecule has 0 spiro atoms. The molecule has 0 amide bonds. The van der Waals surface area contributed by atoms with Crippen LogP contribution in [0.15, 0.2) is 30.5 Å². The van der Waals surface area contributed by atoms with Crippen molar-refractivity contribution in [2.75, 3.05) is 17.7 Å². The Kier molecular flexibility index (Phi) is 4.37. The molecule has 0 bridgehead atoms.